The number of ketones is 1. The number of ether oxygens (including phenoxy) is 1. The van der Waals surface area contributed by atoms with Gasteiger partial charge in [-0.3, -0.25) is 14.2 Å². The third-order valence-electron chi connectivity index (χ3n) is 4.94. The normalized spacial score (nSPS) is 11.5. The molecule has 0 atom stereocenters. The molecule has 0 saturated heterocycles. The number of hydrogen-bond acceptors (Lipinski definition) is 6. The molecule has 0 saturated carbocycles. The fourth-order valence-electron chi connectivity index (χ4n) is 3.23. The molecule has 3 heterocycles. The average molecular weight is 488 g/mol. The summed E-state index contributed by atoms with van der Waals surface area (Å²) in [7, 11) is 0. The van der Waals surface area contributed by atoms with Gasteiger partial charge in [0.05, 0.1) is 10.6 Å². The number of alkyl halides is 3. The van der Waals surface area contributed by atoms with Gasteiger partial charge in [0.15, 0.2) is 10.9 Å². The molecule has 0 aliphatic heterocycles. The van der Waals surface area contributed by atoms with Gasteiger partial charge in [0, 0.05) is 18.7 Å². The minimum Gasteiger partial charge on any atom is -0.485 e. The van der Waals surface area contributed by atoms with Gasteiger partial charge in [-0.15, -0.1) is 0 Å². The Hall–Kier alpha value is -3.66. The second kappa shape index (κ2) is 9.68. The van der Waals surface area contributed by atoms with Crippen LogP contribution < -0.4 is 10.3 Å². The molecule has 0 unspecified atom stereocenters. The van der Waals surface area contributed by atoms with Crippen LogP contribution in [0.4, 0.5) is 13.2 Å². The van der Waals surface area contributed by atoms with Gasteiger partial charge in [0.2, 0.25) is 5.76 Å². The van der Waals surface area contributed by atoms with Crippen LogP contribution in [0.5, 0.6) is 5.75 Å². The molecular weight excluding hydrogens is 469 g/mol. The molecule has 4 rings (SSSR count). The second-order valence-electron chi connectivity index (χ2n) is 7.44. The minimum absolute atomic E-state index is 0.0225. The Morgan fingerprint density at radius 3 is 2.59 bits per heavy atom. The summed E-state index contributed by atoms with van der Waals surface area (Å²) in [5.41, 5.74) is 1.16. The van der Waals surface area contributed by atoms with Crippen LogP contribution >= 0.6 is 11.3 Å². The molecule has 6 nitrogen and oxygen atoms in total. The molecule has 0 aliphatic carbocycles. The number of halogens is 3. The molecule has 0 N–H and O–H groups in total. The molecule has 10 heteroatoms. The van der Waals surface area contributed by atoms with Gasteiger partial charge in [-0.05, 0) is 37.1 Å². The summed E-state index contributed by atoms with van der Waals surface area (Å²) >= 11 is 1.13. The molecule has 0 fully saturated rings. The molecule has 1 aromatic carbocycles. The number of aryl methyl sites for hydroxylation is 2. The summed E-state index contributed by atoms with van der Waals surface area (Å²) in [5, 5.41) is 0.345. The monoisotopic (exact) mass is 488 g/mol. The van der Waals surface area contributed by atoms with Gasteiger partial charge in [-0.2, -0.15) is 13.2 Å². The predicted molar refractivity (Wildman–Crippen MR) is 120 cm³/mol. The van der Waals surface area contributed by atoms with Gasteiger partial charge in [0.25, 0.3) is 5.56 Å². The summed E-state index contributed by atoms with van der Waals surface area (Å²) in [4.78, 5) is 30.1. The third-order valence-corrected chi connectivity index (χ3v) is 6.14. The van der Waals surface area contributed by atoms with E-state index in [0.717, 1.165) is 23.0 Å². The van der Waals surface area contributed by atoms with Crippen LogP contribution in [0.3, 0.4) is 0 Å². The summed E-state index contributed by atoms with van der Waals surface area (Å²) in [6.45, 7) is 1.45. The fraction of sp³-hybridized carbons (Fsp3) is 0.208. The SMILES string of the molecule is Cc1nc(-n2ccc(OCc3ccc(C(F)(F)F)o3)cc2=O)sc1C(=O)CCc1ccccc1. The van der Waals surface area contributed by atoms with Crippen LogP contribution in [-0.2, 0) is 19.2 Å². The van der Waals surface area contributed by atoms with E-state index in [4.69, 9.17) is 9.15 Å². The van der Waals surface area contributed by atoms with Crippen molar-refractivity contribution in [1.82, 2.24) is 9.55 Å². The van der Waals surface area contributed by atoms with Gasteiger partial charge in [-0.25, -0.2) is 4.98 Å². The largest absolute Gasteiger partial charge is 0.485 e. The fourth-order valence-corrected chi connectivity index (χ4v) is 4.25. The zero-order valence-corrected chi connectivity index (χ0v) is 18.8. The van der Waals surface area contributed by atoms with Crippen LogP contribution in [0.1, 0.15) is 38.9 Å². The number of carbonyl (C=O) groups excluding carboxylic acids is 1. The van der Waals surface area contributed by atoms with Crippen molar-refractivity contribution < 1.29 is 27.1 Å². The van der Waals surface area contributed by atoms with Gasteiger partial charge >= 0.3 is 6.18 Å². The van der Waals surface area contributed by atoms with Crippen molar-refractivity contribution >= 4 is 17.1 Å². The molecule has 0 bridgehead atoms. The van der Waals surface area contributed by atoms with Crippen LogP contribution in [0.15, 0.2) is 70.0 Å². The van der Waals surface area contributed by atoms with E-state index in [1.165, 1.54) is 29.0 Å². The van der Waals surface area contributed by atoms with E-state index in [2.05, 4.69) is 4.98 Å². The van der Waals surface area contributed by atoms with Crippen LogP contribution in [-0.4, -0.2) is 15.3 Å². The molecule has 176 valence electrons. The number of nitrogens with zero attached hydrogens (tertiary/aromatic N) is 2. The highest BCUT2D eigenvalue weighted by molar-refractivity contribution is 7.16. The topological polar surface area (TPSA) is 74.3 Å². The number of Topliss-reactive ketones (excluding diaryl/α,β-unsaturated/α-hetero) is 1. The highest BCUT2D eigenvalue weighted by Crippen LogP contribution is 2.31. The lowest BCUT2D eigenvalue weighted by atomic mass is 10.1. The Labute approximate surface area is 196 Å². The quantitative estimate of drug-likeness (QED) is 0.302. The molecule has 3 aromatic heterocycles. The van der Waals surface area contributed by atoms with E-state index in [9.17, 15) is 22.8 Å². The Bertz CT molecular complexity index is 1360. The third kappa shape index (κ3) is 5.45. The highest BCUT2D eigenvalue weighted by Gasteiger charge is 2.34. The Balaban J connectivity index is 1.43. The first-order valence-corrected chi connectivity index (χ1v) is 11.1. The molecular formula is C24H19F3N2O4S. The number of furan rings is 1. The van der Waals surface area contributed by atoms with E-state index in [1.807, 2.05) is 30.3 Å². The maximum absolute atomic E-state index is 12.7. The number of rotatable bonds is 8. The molecule has 0 radical (unpaired) electrons. The first kappa shape index (κ1) is 23.5. The summed E-state index contributed by atoms with van der Waals surface area (Å²) in [6.07, 6.45) is -2.20. The number of hydrogen-bond donors (Lipinski definition) is 0. The molecule has 0 amide bonds. The second-order valence-corrected chi connectivity index (χ2v) is 8.42. The van der Waals surface area contributed by atoms with Gasteiger partial charge < -0.3 is 9.15 Å². The zero-order chi connectivity index (χ0) is 24.3. The highest BCUT2D eigenvalue weighted by atomic mass is 32.1. The maximum atomic E-state index is 12.7. The van der Waals surface area contributed by atoms with E-state index in [1.54, 1.807) is 6.92 Å². The van der Waals surface area contributed by atoms with E-state index in [0.29, 0.717) is 28.5 Å². The first-order chi connectivity index (χ1) is 16.2. The average Bonchev–Trinajstić information content (AvgIpc) is 3.44. The molecule has 34 heavy (non-hydrogen) atoms. The lowest BCUT2D eigenvalue weighted by Crippen LogP contribution is -2.16. The number of thiazole rings is 1. The van der Waals surface area contributed by atoms with Crippen LogP contribution in [0.25, 0.3) is 5.13 Å². The van der Waals surface area contributed by atoms with Crippen molar-refractivity contribution in [3.05, 3.63) is 98.8 Å². The summed E-state index contributed by atoms with van der Waals surface area (Å²) < 4.78 is 49.2. The van der Waals surface area contributed by atoms with Crippen LogP contribution in [0, 0.1) is 6.92 Å². The van der Waals surface area contributed by atoms with Crippen molar-refractivity contribution in [2.24, 2.45) is 0 Å². The standard InChI is InChI=1S/C24H19F3N2O4S/c1-15-22(19(30)9-7-16-5-3-2-4-6-16)34-23(28-15)29-12-11-17(13-21(29)31)32-14-18-8-10-20(33-18)24(25,26)27/h2-6,8,10-13H,7,9,14H2,1H3. The zero-order valence-electron chi connectivity index (χ0n) is 18.0. The number of aromatic nitrogens is 2. The number of carbonyl (C=O) groups is 1. The lowest BCUT2D eigenvalue weighted by Gasteiger charge is -2.06. The van der Waals surface area contributed by atoms with Crippen molar-refractivity contribution in [2.75, 3.05) is 0 Å². The predicted octanol–water partition coefficient (Wildman–Crippen LogP) is 5.61. The first-order valence-electron chi connectivity index (χ1n) is 10.3. The van der Waals surface area contributed by atoms with Gasteiger partial charge in [-0.1, -0.05) is 41.7 Å². The van der Waals surface area contributed by atoms with E-state index >= 15 is 0 Å². The van der Waals surface area contributed by atoms with Gasteiger partial charge in [0.1, 0.15) is 18.1 Å². The summed E-state index contributed by atoms with van der Waals surface area (Å²) in [6, 6.07) is 14.3. The summed E-state index contributed by atoms with van der Waals surface area (Å²) in [5.74, 6) is -1.02. The Kier molecular flexibility index (Phi) is 6.69. The van der Waals surface area contributed by atoms with Crippen LogP contribution in [0.2, 0.25) is 0 Å². The maximum Gasteiger partial charge on any atom is 0.449 e. The lowest BCUT2D eigenvalue weighted by molar-refractivity contribution is -0.153. The van der Waals surface area contributed by atoms with E-state index < -0.39 is 17.5 Å². The smallest absolute Gasteiger partial charge is 0.449 e. The Morgan fingerprint density at radius 2 is 1.91 bits per heavy atom. The van der Waals surface area contributed by atoms with Crippen molar-refractivity contribution in [3.8, 4) is 10.9 Å². The molecule has 0 aliphatic rings. The minimum atomic E-state index is -4.58. The van der Waals surface area contributed by atoms with E-state index in [-0.39, 0.29) is 23.9 Å². The van der Waals surface area contributed by atoms with Crippen molar-refractivity contribution in [1.29, 1.82) is 0 Å². The molecule has 4 aromatic rings. The Morgan fingerprint density at radius 1 is 1.15 bits per heavy atom. The number of pyridine rings is 1. The van der Waals surface area contributed by atoms with Crippen molar-refractivity contribution in [3.63, 3.8) is 0 Å². The number of benzene rings is 1. The van der Waals surface area contributed by atoms with Crippen molar-refractivity contribution in [2.45, 2.75) is 32.5 Å². The molecule has 0 spiro atoms.